The number of amides is 2. The van der Waals surface area contributed by atoms with Crippen molar-refractivity contribution in [1.82, 2.24) is 4.90 Å². The van der Waals surface area contributed by atoms with E-state index in [-0.39, 0.29) is 24.1 Å². The first kappa shape index (κ1) is 20.8. The molecular formula is C23H24FN3O4. The molecule has 0 aromatic heterocycles. The normalized spacial score (nSPS) is 20.2. The Labute approximate surface area is 179 Å². The lowest BCUT2D eigenvalue weighted by atomic mass is 9.87. The van der Waals surface area contributed by atoms with Crippen LogP contribution in [0.3, 0.4) is 0 Å². The topological polar surface area (TPSA) is 80.2 Å². The molecule has 0 aliphatic carbocycles. The molecule has 1 saturated heterocycles. The highest BCUT2D eigenvalue weighted by Crippen LogP contribution is 2.34. The maximum atomic E-state index is 13.4. The number of hydrogen-bond acceptors (Lipinski definition) is 5. The standard InChI is InChI=1S/C23H24FN3O4/c1-30-19-8-6-18(7-9-19)25-22(29)20-14-23(31-26-20)10-3-11-27(15-23)21(28)13-16-4-2-5-17(24)12-16/h2,4-9,12H,3,10-11,13-15H2,1H3,(H,25,29). The Morgan fingerprint density at radius 3 is 2.81 bits per heavy atom. The smallest absolute Gasteiger partial charge is 0.273 e. The minimum atomic E-state index is -0.692. The van der Waals surface area contributed by atoms with Crippen LogP contribution in [0.5, 0.6) is 5.75 Å². The van der Waals surface area contributed by atoms with Crippen LogP contribution in [0.25, 0.3) is 0 Å². The van der Waals surface area contributed by atoms with E-state index < -0.39 is 5.60 Å². The zero-order valence-corrected chi connectivity index (χ0v) is 17.3. The Hall–Kier alpha value is -3.42. The summed E-state index contributed by atoms with van der Waals surface area (Å²) >= 11 is 0. The number of oxime groups is 1. The van der Waals surface area contributed by atoms with E-state index >= 15 is 0 Å². The first-order chi connectivity index (χ1) is 15.0. The minimum absolute atomic E-state index is 0.0931. The summed E-state index contributed by atoms with van der Waals surface area (Å²) in [4.78, 5) is 32.8. The van der Waals surface area contributed by atoms with Crippen LogP contribution in [0.2, 0.25) is 0 Å². The predicted molar refractivity (Wildman–Crippen MR) is 113 cm³/mol. The van der Waals surface area contributed by atoms with Gasteiger partial charge in [0.05, 0.1) is 20.1 Å². The van der Waals surface area contributed by atoms with Gasteiger partial charge in [-0.25, -0.2) is 4.39 Å². The molecule has 2 heterocycles. The fourth-order valence-corrected chi connectivity index (χ4v) is 3.98. The second-order valence-corrected chi connectivity index (χ2v) is 7.90. The fourth-order valence-electron chi connectivity index (χ4n) is 3.98. The second kappa shape index (κ2) is 8.75. The summed E-state index contributed by atoms with van der Waals surface area (Å²) < 4.78 is 18.5. The molecule has 2 aromatic carbocycles. The Morgan fingerprint density at radius 1 is 1.26 bits per heavy atom. The molecule has 1 fully saturated rings. The van der Waals surface area contributed by atoms with Crippen LogP contribution >= 0.6 is 0 Å². The summed E-state index contributed by atoms with van der Waals surface area (Å²) in [5.74, 6) is -0.0844. The highest BCUT2D eigenvalue weighted by atomic mass is 19.1. The lowest BCUT2D eigenvalue weighted by molar-refractivity contribution is -0.139. The van der Waals surface area contributed by atoms with Crippen molar-refractivity contribution in [1.29, 1.82) is 0 Å². The van der Waals surface area contributed by atoms with Crippen molar-refractivity contribution in [3.8, 4) is 5.75 Å². The molecule has 0 saturated carbocycles. The summed E-state index contributed by atoms with van der Waals surface area (Å²) in [6, 6.07) is 13.1. The number of carbonyl (C=O) groups is 2. The lowest BCUT2D eigenvalue weighted by Gasteiger charge is -2.38. The molecular weight excluding hydrogens is 401 g/mol. The number of methoxy groups -OCH3 is 1. The van der Waals surface area contributed by atoms with Crippen molar-refractivity contribution in [3.05, 3.63) is 59.9 Å². The molecule has 2 aromatic rings. The van der Waals surface area contributed by atoms with Crippen molar-refractivity contribution < 1.29 is 23.6 Å². The molecule has 0 bridgehead atoms. The van der Waals surface area contributed by atoms with Crippen molar-refractivity contribution in [2.75, 3.05) is 25.5 Å². The molecule has 4 rings (SSSR count). The largest absolute Gasteiger partial charge is 0.497 e. The number of benzene rings is 2. The number of halogens is 1. The zero-order valence-electron chi connectivity index (χ0n) is 17.3. The molecule has 1 unspecified atom stereocenters. The van der Waals surface area contributed by atoms with Gasteiger partial charge in [-0.3, -0.25) is 9.59 Å². The number of hydrogen-bond donors (Lipinski definition) is 1. The third-order valence-electron chi connectivity index (χ3n) is 5.59. The number of nitrogens with one attached hydrogen (secondary N) is 1. The van der Waals surface area contributed by atoms with Gasteiger partial charge in [0, 0.05) is 18.7 Å². The van der Waals surface area contributed by atoms with Crippen LogP contribution in [0.1, 0.15) is 24.8 Å². The first-order valence-electron chi connectivity index (χ1n) is 10.2. The van der Waals surface area contributed by atoms with E-state index in [0.717, 1.165) is 6.42 Å². The van der Waals surface area contributed by atoms with Gasteiger partial charge < -0.3 is 19.8 Å². The van der Waals surface area contributed by atoms with Gasteiger partial charge in [0.2, 0.25) is 5.91 Å². The summed E-state index contributed by atoms with van der Waals surface area (Å²) in [5, 5.41) is 6.83. The number of nitrogens with zero attached hydrogens (tertiary/aromatic N) is 2. The van der Waals surface area contributed by atoms with Crippen LogP contribution in [-0.4, -0.2) is 48.2 Å². The molecule has 8 heteroatoms. The summed E-state index contributed by atoms with van der Waals surface area (Å²) in [6.45, 7) is 0.955. The van der Waals surface area contributed by atoms with E-state index in [9.17, 15) is 14.0 Å². The van der Waals surface area contributed by atoms with Gasteiger partial charge >= 0.3 is 0 Å². The third-order valence-corrected chi connectivity index (χ3v) is 5.59. The van der Waals surface area contributed by atoms with Gasteiger partial charge in [-0.05, 0) is 54.8 Å². The average molecular weight is 425 g/mol. The van der Waals surface area contributed by atoms with Crippen LogP contribution in [0.15, 0.2) is 53.7 Å². The van der Waals surface area contributed by atoms with Gasteiger partial charge in [-0.15, -0.1) is 0 Å². The van der Waals surface area contributed by atoms with Crippen LogP contribution in [0.4, 0.5) is 10.1 Å². The molecule has 1 atom stereocenters. The maximum absolute atomic E-state index is 13.4. The number of piperidine rings is 1. The van der Waals surface area contributed by atoms with Crippen molar-refractivity contribution in [2.24, 2.45) is 5.16 Å². The van der Waals surface area contributed by atoms with Crippen LogP contribution in [0, 0.1) is 5.82 Å². The van der Waals surface area contributed by atoms with E-state index in [0.29, 0.717) is 48.6 Å². The molecule has 31 heavy (non-hydrogen) atoms. The Morgan fingerprint density at radius 2 is 2.06 bits per heavy atom. The van der Waals surface area contributed by atoms with Crippen molar-refractivity contribution >= 4 is 23.2 Å². The molecule has 2 aliphatic rings. The van der Waals surface area contributed by atoms with E-state index in [1.807, 2.05) is 0 Å². The number of anilines is 1. The van der Waals surface area contributed by atoms with Crippen LogP contribution < -0.4 is 10.1 Å². The summed E-state index contributed by atoms with van der Waals surface area (Å²) in [5.41, 5.74) is 0.871. The molecule has 1 spiro atoms. The average Bonchev–Trinajstić information content (AvgIpc) is 3.17. The first-order valence-corrected chi connectivity index (χ1v) is 10.2. The van der Waals surface area contributed by atoms with Gasteiger partial charge in [-0.1, -0.05) is 17.3 Å². The summed E-state index contributed by atoms with van der Waals surface area (Å²) in [7, 11) is 1.58. The number of ether oxygens (including phenoxy) is 1. The number of carbonyl (C=O) groups excluding carboxylic acids is 2. The second-order valence-electron chi connectivity index (χ2n) is 7.90. The lowest BCUT2D eigenvalue weighted by Crippen LogP contribution is -2.51. The van der Waals surface area contributed by atoms with Gasteiger partial charge in [-0.2, -0.15) is 0 Å². The van der Waals surface area contributed by atoms with Gasteiger partial charge in [0.15, 0.2) is 5.60 Å². The molecule has 1 N–H and O–H groups in total. The van der Waals surface area contributed by atoms with E-state index in [4.69, 9.17) is 9.57 Å². The quantitative estimate of drug-likeness (QED) is 0.798. The Kier molecular flexibility index (Phi) is 5.88. The van der Waals surface area contributed by atoms with E-state index in [1.165, 1.54) is 12.1 Å². The fraction of sp³-hybridized carbons (Fsp3) is 0.348. The van der Waals surface area contributed by atoms with Crippen molar-refractivity contribution in [2.45, 2.75) is 31.3 Å². The zero-order chi connectivity index (χ0) is 21.8. The highest BCUT2D eigenvalue weighted by molar-refractivity contribution is 6.43. The molecule has 162 valence electrons. The number of rotatable bonds is 5. The molecule has 0 radical (unpaired) electrons. The van der Waals surface area contributed by atoms with E-state index in [2.05, 4.69) is 10.5 Å². The molecule has 2 amide bonds. The summed E-state index contributed by atoms with van der Waals surface area (Å²) in [6.07, 6.45) is 1.91. The molecule has 7 nitrogen and oxygen atoms in total. The maximum Gasteiger partial charge on any atom is 0.273 e. The third kappa shape index (κ3) is 4.84. The predicted octanol–water partition coefficient (Wildman–Crippen LogP) is 3.15. The SMILES string of the molecule is COc1ccc(NC(=O)C2=NOC3(CCCN(C(=O)Cc4cccc(F)c4)C3)C2)cc1. The van der Waals surface area contributed by atoms with Crippen molar-refractivity contribution in [3.63, 3.8) is 0 Å². The monoisotopic (exact) mass is 425 g/mol. The van der Waals surface area contributed by atoms with Crippen LogP contribution in [-0.2, 0) is 20.8 Å². The highest BCUT2D eigenvalue weighted by Gasteiger charge is 2.45. The van der Waals surface area contributed by atoms with Gasteiger partial charge in [0.1, 0.15) is 17.3 Å². The van der Waals surface area contributed by atoms with Gasteiger partial charge in [0.25, 0.3) is 5.91 Å². The van der Waals surface area contributed by atoms with E-state index in [1.54, 1.807) is 48.4 Å². The minimum Gasteiger partial charge on any atom is -0.497 e. The Balaban J connectivity index is 1.35. The number of likely N-dealkylation sites (tertiary alicyclic amines) is 1. The Bertz CT molecular complexity index is 1010. The molecule has 2 aliphatic heterocycles.